The Labute approximate surface area is 160 Å². The lowest BCUT2D eigenvalue weighted by atomic mass is 10.2. The maximum Gasteiger partial charge on any atom is 0.124 e. The van der Waals surface area contributed by atoms with E-state index in [9.17, 15) is 0 Å². The molecular weight excluding hydrogens is 577 g/mol. The predicted molar refractivity (Wildman–Crippen MR) is 115 cm³/mol. The number of carbonyl (C=O) groups is 1. The summed E-state index contributed by atoms with van der Waals surface area (Å²) in [7, 11) is 0. The summed E-state index contributed by atoms with van der Waals surface area (Å²) in [6, 6.07) is 0. The zero-order chi connectivity index (χ0) is 15.7. The van der Waals surface area contributed by atoms with Gasteiger partial charge in [-0.25, -0.2) is 0 Å². The van der Waals surface area contributed by atoms with Gasteiger partial charge in [0.05, 0.1) is 0 Å². The summed E-state index contributed by atoms with van der Waals surface area (Å²) in [6.07, 6.45) is 12.2. The van der Waals surface area contributed by atoms with Crippen LogP contribution in [0.4, 0.5) is 0 Å². The van der Waals surface area contributed by atoms with Gasteiger partial charge in [-0.3, -0.25) is 0 Å². The lowest BCUT2D eigenvalue weighted by molar-refractivity contribution is -0.106. The van der Waals surface area contributed by atoms with Gasteiger partial charge in [0.25, 0.3) is 0 Å². The molecule has 0 fully saturated rings. The highest BCUT2D eigenvalue weighted by atomic mass is 127. The molecule has 0 aromatic rings. The van der Waals surface area contributed by atoms with Crippen LogP contribution < -0.4 is 0 Å². The van der Waals surface area contributed by atoms with Crippen molar-refractivity contribution in [1.82, 2.24) is 0 Å². The van der Waals surface area contributed by atoms with Crippen LogP contribution in [0.15, 0.2) is 23.8 Å². The molecule has 0 rings (SSSR count). The SMILES string of the molecule is CC/C=C/CC=C(C)C.CC=O.CCCC(I)(I)I. The lowest BCUT2D eigenvalue weighted by Gasteiger charge is -2.07. The number of halogens is 3. The van der Waals surface area contributed by atoms with Crippen LogP contribution in [0.2, 0.25) is 0 Å². The molecule has 114 valence electrons. The number of aldehydes is 1. The average molecular weight is 604 g/mol. The minimum atomic E-state index is 0.460. The number of allylic oxidation sites excluding steroid dienone is 4. The summed E-state index contributed by atoms with van der Waals surface area (Å²) in [5.74, 6) is 0. The molecule has 1 nitrogen and oxygen atoms in total. The first-order valence-corrected chi connectivity index (χ1v) is 9.73. The zero-order valence-electron chi connectivity index (χ0n) is 12.7. The molecule has 0 unspecified atom stereocenters. The van der Waals surface area contributed by atoms with Crippen molar-refractivity contribution in [3.8, 4) is 0 Å². The number of hydrogen-bond acceptors (Lipinski definition) is 1. The molecule has 0 saturated heterocycles. The smallest absolute Gasteiger partial charge is 0.124 e. The third-order valence-corrected chi connectivity index (χ3v) is 3.22. The zero-order valence-corrected chi connectivity index (χ0v) is 19.2. The summed E-state index contributed by atoms with van der Waals surface area (Å²) in [5.41, 5.74) is 1.40. The first kappa shape index (κ1) is 25.3. The van der Waals surface area contributed by atoms with E-state index in [1.807, 2.05) is 0 Å². The van der Waals surface area contributed by atoms with Gasteiger partial charge >= 0.3 is 0 Å². The van der Waals surface area contributed by atoms with E-state index in [0.29, 0.717) is -0.565 Å². The quantitative estimate of drug-likeness (QED) is 0.140. The van der Waals surface area contributed by atoms with Gasteiger partial charge in [-0.2, -0.15) is 0 Å². The van der Waals surface area contributed by atoms with Gasteiger partial charge in [0.15, 0.2) is 0 Å². The van der Waals surface area contributed by atoms with Gasteiger partial charge in [0, 0.05) is 0 Å². The second-order valence-corrected chi connectivity index (χ2v) is 15.7. The Morgan fingerprint density at radius 1 is 1.11 bits per heavy atom. The van der Waals surface area contributed by atoms with Crippen LogP contribution >= 0.6 is 67.8 Å². The van der Waals surface area contributed by atoms with Crippen LogP contribution in [0, 0.1) is 0 Å². The molecule has 0 amide bonds. The molecule has 0 bridgehead atoms. The van der Waals surface area contributed by atoms with E-state index in [1.54, 1.807) is 0 Å². The molecular formula is C15H27I3O. The molecule has 0 aliphatic heterocycles. The van der Waals surface area contributed by atoms with Gasteiger partial charge in [0.1, 0.15) is 5.72 Å². The number of carbonyl (C=O) groups excluding carboxylic acids is 1. The first-order chi connectivity index (χ1) is 8.74. The van der Waals surface area contributed by atoms with Gasteiger partial charge in [-0.1, -0.05) is 112 Å². The third-order valence-electron chi connectivity index (χ3n) is 1.60. The maximum atomic E-state index is 8.81. The Balaban J connectivity index is -0.000000228. The molecule has 4 heteroatoms. The second kappa shape index (κ2) is 19.3. The Bertz CT molecular complexity index is 236. The van der Waals surface area contributed by atoms with Crippen molar-refractivity contribution >= 4 is 74.1 Å². The van der Waals surface area contributed by atoms with E-state index in [-0.39, 0.29) is 0 Å². The topological polar surface area (TPSA) is 17.1 Å². The number of hydrogen-bond donors (Lipinski definition) is 0. The lowest BCUT2D eigenvalue weighted by Crippen LogP contribution is -1.94. The van der Waals surface area contributed by atoms with E-state index in [0.717, 1.165) is 19.1 Å². The van der Waals surface area contributed by atoms with Crippen molar-refractivity contribution in [1.29, 1.82) is 0 Å². The third kappa shape index (κ3) is 45.2. The Hall–Kier alpha value is 1.34. The molecule has 0 N–H and O–H groups in total. The summed E-state index contributed by atoms with van der Waals surface area (Å²) < 4.78 is 0.460. The maximum absolute atomic E-state index is 8.81. The van der Waals surface area contributed by atoms with Gasteiger partial charge < -0.3 is 4.79 Å². The molecule has 0 atom stereocenters. The molecule has 0 aromatic heterocycles. The minimum Gasteiger partial charge on any atom is -0.304 e. The van der Waals surface area contributed by atoms with E-state index in [4.69, 9.17) is 4.79 Å². The molecule has 0 radical (unpaired) electrons. The van der Waals surface area contributed by atoms with Crippen molar-refractivity contribution in [3.63, 3.8) is 0 Å². The highest BCUT2D eigenvalue weighted by Gasteiger charge is 2.13. The van der Waals surface area contributed by atoms with Crippen LogP contribution in [-0.2, 0) is 4.79 Å². The van der Waals surface area contributed by atoms with Crippen LogP contribution in [-0.4, -0.2) is 5.72 Å². The molecule has 0 heterocycles. The van der Waals surface area contributed by atoms with Crippen LogP contribution in [0.5, 0.6) is 0 Å². The van der Waals surface area contributed by atoms with Gasteiger partial charge in [-0.15, -0.1) is 0 Å². The van der Waals surface area contributed by atoms with Gasteiger partial charge in [-0.05, 0) is 40.0 Å². The standard InChI is InChI=1S/C9H16.C4H7I3.C2H4O/c1-4-5-6-7-8-9(2)3;1-2-3-4(5,6)7;1-2-3/h5-6,8H,4,7H2,1-3H3;2-3H2,1H3;2H,1H3/b6-5+;;. The fourth-order valence-corrected chi connectivity index (χ4v) is 2.47. The molecule has 0 spiro atoms. The summed E-state index contributed by atoms with van der Waals surface area (Å²) in [6.45, 7) is 10.1. The van der Waals surface area contributed by atoms with Crippen LogP contribution in [0.3, 0.4) is 0 Å². The summed E-state index contributed by atoms with van der Waals surface area (Å²) in [4.78, 5) is 8.81. The van der Waals surface area contributed by atoms with E-state index < -0.39 is 0 Å². The fraction of sp³-hybridized carbons (Fsp3) is 0.667. The van der Waals surface area contributed by atoms with Crippen molar-refractivity contribution in [2.24, 2.45) is 0 Å². The number of rotatable bonds is 5. The van der Waals surface area contributed by atoms with Crippen LogP contribution in [0.1, 0.15) is 60.3 Å². The van der Waals surface area contributed by atoms with Crippen molar-refractivity contribution < 1.29 is 4.79 Å². The minimum absolute atomic E-state index is 0.460. The molecule has 0 aromatic carbocycles. The van der Waals surface area contributed by atoms with Crippen molar-refractivity contribution in [3.05, 3.63) is 23.8 Å². The Morgan fingerprint density at radius 3 is 1.79 bits per heavy atom. The normalized spacial score (nSPS) is 9.89. The second-order valence-electron chi connectivity index (χ2n) is 4.00. The van der Waals surface area contributed by atoms with Gasteiger partial charge in [0.2, 0.25) is 0 Å². The fourth-order valence-electron chi connectivity index (χ4n) is 0.850. The predicted octanol–water partition coefficient (Wildman–Crippen LogP) is 7.26. The largest absolute Gasteiger partial charge is 0.304 e. The number of alkyl halides is 3. The highest BCUT2D eigenvalue weighted by Crippen LogP contribution is 2.39. The molecule has 0 saturated carbocycles. The van der Waals surface area contributed by atoms with Crippen molar-refractivity contribution in [2.45, 2.75) is 59.7 Å². The average Bonchev–Trinajstić information content (AvgIpc) is 2.24. The molecule has 0 aliphatic rings. The Kier molecular flexibility index (Phi) is 25.8. The summed E-state index contributed by atoms with van der Waals surface area (Å²) >= 11 is 7.35. The van der Waals surface area contributed by atoms with E-state index in [1.165, 1.54) is 25.3 Å². The van der Waals surface area contributed by atoms with E-state index in [2.05, 4.69) is 114 Å². The van der Waals surface area contributed by atoms with Crippen molar-refractivity contribution in [2.75, 3.05) is 0 Å². The molecule has 0 aliphatic carbocycles. The molecule has 19 heavy (non-hydrogen) atoms. The highest BCUT2D eigenvalue weighted by molar-refractivity contribution is 14.3. The monoisotopic (exact) mass is 604 g/mol. The summed E-state index contributed by atoms with van der Waals surface area (Å²) in [5, 5.41) is 0. The van der Waals surface area contributed by atoms with E-state index >= 15 is 0 Å². The Morgan fingerprint density at radius 2 is 1.58 bits per heavy atom. The van der Waals surface area contributed by atoms with Crippen LogP contribution in [0.25, 0.3) is 0 Å². The first-order valence-electron chi connectivity index (χ1n) is 6.49.